The predicted molar refractivity (Wildman–Crippen MR) is 69.8 cm³/mol. The zero-order valence-corrected chi connectivity index (χ0v) is 14.3. The van der Waals surface area contributed by atoms with Crippen LogP contribution in [-0.2, 0) is 37.5 Å². The molecular weight excluding hydrogens is 317 g/mol. The number of carbonyl (C=O) groups is 2. The number of benzene rings is 1. The summed E-state index contributed by atoms with van der Waals surface area (Å²) in [4.78, 5) is 26.8. The molecule has 1 aliphatic heterocycles. The third kappa shape index (κ3) is 4.70. The molecule has 5 heteroatoms. The van der Waals surface area contributed by atoms with Gasteiger partial charge in [-0.05, 0) is 0 Å². The molecule has 4 nitrogen and oxygen atoms in total. The Balaban J connectivity index is 0.00000162. The van der Waals surface area contributed by atoms with Crippen LogP contribution < -0.4 is 0 Å². The molecule has 1 radical (unpaired) electrons. The maximum atomic E-state index is 12.1. The van der Waals surface area contributed by atoms with Gasteiger partial charge < -0.3 is 17.2 Å². The predicted octanol–water partition coefficient (Wildman–Crippen LogP) is 1.24. The molecule has 1 aromatic rings. The molecule has 0 spiro atoms. The Kier molecular flexibility index (Phi) is 8.11. The van der Waals surface area contributed by atoms with Gasteiger partial charge in [0.05, 0.1) is 0 Å². The number of carbonyl (C=O) groups excluding carboxylic acids is 2. The fraction of sp³-hybridized carbons (Fsp3) is 0.357. The van der Waals surface area contributed by atoms with E-state index in [9.17, 15) is 9.59 Å². The standard InChI is InChI=1S/C13H15N2O2.CH3.Y/c1-11(16)14-7-9-15(10-8-14)13(17)12-5-3-2-4-6-12;;/h3-6H,7-10H2,1H3;1H3;/q2*-1;. The summed E-state index contributed by atoms with van der Waals surface area (Å²) in [6.07, 6.45) is 0. The van der Waals surface area contributed by atoms with Gasteiger partial charge in [0.2, 0.25) is 11.8 Å². The third-order valence-electron chi connectivity index (χ3n) is 2.98. The summed E-state index contributed by atoms with van der Waals surface area (Å²) in [7, 11) is 0. The molecule has 1 heterocycles. The van der Waals surface area contributed by atoms with Crippen LogP contribution in [0.3, 0.4) is 0 Å². The van der Waals surface area contributed by atoms with Crippen LogP contribution in [0, 0.1) is 13.5 Å². The smallest absolute Gasteiger partial charge is 0.229 e. The summed E-state index contributed by atoms with van der Waals surface area (Å²) in [5.41, 5.74) is 0.681. The van der Waals surface area contributed by atoms with Gasteiger partial charge in [-0.2, -0.15) is 30.3 Å². The van der Waals surface area contributed by atoms with Gasteiger partial charge in [0.1, 0.15) is 0 Å². The van der Waals surface area contributed by atoms with Crippen molar-refractivity contribution in [2.45, 2.75) is 6.92 Å². The van der Waals surface area contributed by atoms with Crippen LogP contribution in [-0.4, -0.2) is 47.8 Å². The van der Waals surface area contributed by atoms with Gasteiger partial charge in [-0.15, -0.1) is 0 Å². The van der Waals surface area contributed by atoms with Crippen LogP contribution in [0.1, 0.15) is 17.3 Å². The van der Waals surface area contributed by atoms with E-state index < -0.39 is 0 Å². The maximum Gasteiger partial charge on any atom is 0.229 e. The first kappa shape index (κ1) is 18.3. The Morgan fingerprint density at radius 2 is 1.53 bits per heavy atom. The van der Waals surface area contributed by atoms with E-state index in [0.29, 0.717) is 31.7 Å². The van der Waals surface area contributed by atoms with Gasteiger partial charge in [0, 0.05) is 65.8 Å². The normalized spacial score (nSPS) is 14.2. The number of hydrogen-bond acceptors (Lipinski definition) is 2. The van der Waals surface area contributed by atoms with Crippen molar-refractivity contribution in [3.05, 3.63) is 43.3 Å². The number of piperazine rings is 1. The molecule has 0 N–H and O–H groups in total. The van der Waals surface area contributed by atoms with Crippen molar-refractivity contribution in [3.8, 4) is 0 Å². The van der Waals surface area contributed by atoms with Gasteiger partial charge in [-0.1, -0.05) is 5.56 Å². The quantitative estimate of drug-likeness (QED) is 0.725. The molecule has 0 saturated carbocycles. The third-order valence-corrected chi connectivity index (χ3v) is 2.98. The van der Waals surface area contributed by atoms with Gasteiger partial charge in [0.15, 0.2) is 0 Å². The Labute approximate surface area is 140 Å². The second kappa shape index (κ2) is 8.44. The van der Waals surface area contributed by atoms with E-state index in [2.05, 4.69) is 6.07 Å². The average molecular weight is 335 g/mol. The summed E-state index contributed by atoms with van der Waals surface area (Å²) in [6.45, 7) is 4.03. The second-order valence-corrected chi connectivity index (χ2v) is 4.09. The van der Waals surface area contributed by atoms with Crippen molar-refractivity contribution < 1.29 is 42.3 Å². The average Bonchev–Trinajstić information content (AvgIpc) is 2.39. The minimum absolute atomic E-state index is 0. The molecule has 1 aliphatic rings. The number of hydrogen-bond donors (Lipinski definition) is 0. The molecule has 2 amide bonds. The first-order valence-electron chi connectivity index (χ1n) is 5.69. The van der Waals surface area contributed by atoms with E-state index in [1.807, 2.05) is 0 Å². The van der Waals surface area contributed by atoms with Gasteiger partial charge in [0.25, 0.3) is 0 Å². The van der Waals surface area contributed by atoms with Crippen LogP contribution in [0.25, 0.3) is 0 Å². The fourth-order valence-electron chi connectivity index (χ4n) is 1.94. The van der Waals surface area contributed by atoms with Crippen molar-refractivity contribution in [3.63, 3.8) is 0 Å². The van der Waals surface area contributed by atoms with Gasteiger partial charge >= 0.3 is 0 Å². The van der Waals surface area contributed by atoms with Crippen LogP contribution in [0.5, 0.6) is 0 Å². The zero-order chi connectivity index (χ0) is 12.3. The van der Waals surface area contributed by atoms with Crippen LogP contribution in [0.4, 0.5) is 0 Å². The molecule has 19 heavy (non-hydrogen) atoms. The summed E-state index contributed by atoms with van der Waals surface area (Å²) < 4.78 is 0. The number of rotatable bonds is 1. The van der Waals surface area contributed by atoms with Crippen LogP contribution >= 0.6 is 0 Å². The van der Waals surface area contributed by atoms with Crippen molar-refractivity contribution in [1.29, 1.82) is 0 Å². The topological polar surface area (TPSA) is 40.6 Å². The molecule has 0 bridgehead atoms. The Bertz CT molecular complexity index is 415. The molecule has 0 atom stereocenters. The number of amides is 2. The monoisotopic (exact) mass is 335 g/mol. The Hall–Kier alpha value is -0.736. The fourth-order valence-corrected chi connectivity index (χ4v) is 1.94. The molecule has 1 fully saturated rings. The molecule has 1 aromatic carbocycles. The molecular formula is C14H18N2O2Y-2. The minimum atomic E-state index is 0. The first-order valence-corrected chi connectivity index (χ1v) is 5.69. The van der Waals surface area contributed by atoms with Gasteiger partial charge in [-0.3, -0.25) is 9.59 Å². The molecule has 0 aliphatic carbocycles. The molecule has 0 unspecified atom stereocenters. The maximum absolute atomic E-state index is 12.1. The van der Waals surface area contributed by atoms with Gasteiger partial charge in [-0.25, -0.2) is 0 Å². The van der Waals surface area contributed by atoms with E-state index in [-0.39, 0.29) is 52.0 Å². The summed E-state index contributed by atoms with van der Waals surface area (Å²) in [5, 5.41) is 0. The van der Waals surface area contributed by atoms with Crippen LogP contribution in [0.15, 0.2) is 24.3 Å². The molecule has 101 valence electrons. The Morgan fingerprint density at radius 3 is 2.00 bits per heavy atom. The molecule has 0 aromatic heterocycles. The molecule has 1 saturated heterocycles. The minimum Gasteiger partial charge on any atom is -0.358 e. The number of nitrogens with zero attached hydrogens (tertiary/aromatic N) is 2. The van der Waals surface area contributed by atoms with Crippen molar-refractivity contribution >= 4 is 11.8 Å². The zero-order valence-electron chi connectivity index (χ0n) is 11.4. The molecule has 2 rings (SSSR count). The largest absolute Gasteiger partial charge is 0.358 e. The summed E-state index contributed by atoms with van der Waals surface area (Å²) in [6, 6.07) is 9.89. The van der Waals surface area contributed by atoms with Crippen molar-refractivity contribution in [1.82, 2.24) is 9.80 Å². The van der Waals surface area contributed by atoms with E-state index in [4.69, 9.17) is 0 Å². The van der Waals surface area contributed by atoms with Crippen molar-refractivity contribution in [2.75, 3.05) is 26.2 Å². The second-order valence-electron chi connectivity index (χ2n) is 4.09. The first-order chi connectivity index (χ1) is 8.18. The van der Waals surface area contributed by atoms with E-state index in [0.717, 1.165) is 0 Å². The summed E-state index contributed by atoms with van der Waals surface area (Å²) >= 11 is 0. The SMILES string of the molecule is CC(=O)N1CCN(C(=O)c2cc[c-]cc2)CC1.[CH3-].[Y]. The Morgan fingerprint density at radius 1 is 1.05 bits per heavy atom. The van der Waals surface area contributed by atoms with E-state index >= 15 is 0 Å². The van der Waals surface area contributed by atoms with Crippen molar-refractivity contribution in [2.24, 2.45) is 0 Å². The van der Waals surface area contributed by atoms with E-state index in [1.165, 1.54) is 0 Å². The van der Waals surface area contributed by atoms with E-state index in [1.54, 1.807) is 41.0 Å². The summed E-state index contributed by atoms with van der Waals surface area (Å²) in [5.74, 6) is 0.105. The van der Waals surface area contributed by atoms with Crippen LogP contribution in [0.2, 0.25) is 0 Å².